The molecule has 2 rings (SSSR count). The number of nitrogens with one attached hydrogen (secondary N) is 2. The molecule has 0 spiro atoms. The molecule has 1 fully saturated rings. The molecule has 5 nitrogen and oxygen atoms in total. The number of carbonyl (C=O) groups excluding carboxylic acids is 1. The summed E-state index contributed by atoms with van der Waals surface area (Å²) >= 11 is 6.20. The first-order valence-corrected chi connectivity index (χ1v) is 8.00. The second-order valence-electron chi connectivity index (χ2n) is 5.86. The smallest absolute Gasteiger partial charge is 0.314 e. The first-order valence-electron chi connectivity index (χ1n) is 7.62. The van der Waals surface area contributed by atoms with Gasteiger partial charge in [0, 0.05) is 23.5 Å². The molecule has 1 aliphatic carbocycles. The molecular weight excluding hydrogens is 323 g/mol. The van der Waals surface area contributed by atoms with Crippen molar-refractivity contribution in [2.24, 2.45) is 0 Å². The van der Waals surface area contributed by atoms with E-state index in [9.17, 15) is 14.0 Å². The lowest BCUT2D eigenvalue weighted by atomic mass is 9.78. The maximum atomic E-state index is 13.3. The number of urea groups is 1. The lowest BCUT2D eigenvalue weighted by Crippen LogP contribution is -2.44. The summed E-state index contributed by atoms with van der Waals surface area (Å²) in [5, 5.41) is 14.2. The third-order valence-corrected chi connectivity index (χ3v) is 4.59. The Kier molecular flexibility index (Phi) is 5.82. The van der Waals surface area contributed by atoms with Crippen molar-refractivity contribution in [2.75, 3.05) is 13.1 Å². The summed E-state index contributed by atoms with van der Waals surface area (Å²) < 4.78 is 13.3. The van der Waals surface area contributed by atoms with Gasteiger partial charge in [-0.05, 0) is 30.5 Å². The van der Waals surface area contributed by atoms with Gasteiger partial charge in [-0.15, -0.1) is 0 Å². The van der Waals surface area contributed by atoms with Crippen LogP contribution in [0.2, 0.25) is 5.02 Å². The van der Waals surface area contributed by atoms with E-state index in [0.717, 1.165) is 31.2 Å². The average molecular weight is 343 g/mol. The normalized spacial score (nSPS) is 16.1. The molecule has 0 aliphatic heterocycles. The fourth-order valence-electron chi connectivity index (χ4n) is 3.11. The molecule has 126 valence electrons. The van der Waals surface area contributed by atoms with Crippen LogP contribution in [0.5, 0.6) is 0 Å². The zero-order chi connectivity index (χ0) is 16.9. The Balaban J connectivity index is 2.01. The lowest BCUT2D eigenvalue weighted by molar-refractivity contribution is -0.136. The Morgan fingerprint density at radius 3 is 2.57 bits per heavy atom. The van der Waals surface area contributed by atoms with E-state index in [1.165, 1.54) is 12.1 Å². The van der Waals surface area contributed by atoms with Crippen molar-refractivity contribution in [2.45, 2.75) is 37.5 Å². The minimum Gasteiger partial charge on any atom is -0.481 e. The molecule has 0 aromatic heterocycles. The molecule has 1 saturated carbocycles. The number of halogens is 2. The van der Waals surface area contributed by atoms with E-state index in [4.69, 9.17) is 16.7 Å². The molecule has 3 N–H and O–H groups in total. The van der Waals surface area contributed by atoms with Crippen LogP contribution < -0.4 is 10.6 Å². The minimum atomic E-state index is -0.962. The number of carboxylic acid groups (broad SMARTS) is 1. The van der Waals surface area contributed by atoms with Gasteiger partial charge in [-0.1, -0.05) is 30.5 Å². The Morgan fingerprint density at radius 2 is 1.96 bits per heavy atom. The molecule has 0 heterocycles. The van der Waals surface area contributed by atoms with Crippen molar-refractivity contribution in [3.63, 3.8) is 0 Å². The monoisotopic (exact) mass is 342 g/mol. The predicted octanol–water partition coefficient (Wildman–Crippen LogP) is 3.06. The summed E-state index contributed by atoms with van der Waals surface area (Å²) in [6, 6.07) is 3.96. The number of benzene rings is 1. The van der Waals surface area contributed by atoms with Crippen LogP contribution >= 0.6 is 11.6 Å². The van der Waals surface area contributed by atoms with Gasteiger partial charge in [0.1, 0.15) is 5.82 Å². The van der Waals surface area contributed by atoms with Crippen LogP contribution in [0, 0.1) is 5.82 Å². The number of hydrogen-bond acceptors (Lipinski definition) is 2. The topological polar surface area (TPSA) is 78.4 Å². The van der Waals surface area contributed by atoms with Crippen LogP contribution in [0.4, 0.5) is 9.18 Å². The van der Waals surface area contributed by atoms with Gasteiger partial charge < -0.3 is 15.7 Å². The van der Waals surface area contributed by atoms with Gasteiger partial charge in [-0.3, -0.25) is 4.79 Å². The van der Waals surface area contributed by atoms with Gasteiger partial charge in [0.25, 0.3) is 0 Å². The van der Waals surface area contributed by atoms with E-state index in [2.05, 4.69) is 10.6 Å². The Labute approximate surface area is 139 Å². The van der Waals surface area contributed by atoms with Crippen molar-refractivity contribution >= 4 is 23.6 Å². The lowest BCUT2D eigenvalue weighted by Gasteiger charge is -2.31. The molecule has 0 atom stereocenters. The standard InChI is InChI=1S/C16H20ClFN2O3/c17-13-9-11(18)3-4-12(13)16(6-1-2-7-16)10-20-15(23)19-8-5-14(21)22/h3-4,9H,1-2,5-8,10H2,(H,21,22)(H2,19,20,23). The highest BCUT2D eigenvalue weighted by Crippen LogP contribution is 2.43. The average Bonchev–Trinajstić information content (AvgIpc) is 2.94. The fraction of sp³-hybridized carbons (Fsp3) is 0.500. The molecule has 7 heteroatoms. The second kappa shape index (κ2) is 7.64. The van der Waals surface area contributed by atoms with Gasteiger partial charge in [-0.2, -0.15) is 0 Å². The van der Waals surface area contributed by atoms with E-state index in [1.54, 1.807) is 6.07 Å². The van der Waals surface area contributed by atoms with Crippen LogP contribution in [0.15, 0.2) is 18.2 Å². The highest BCUT2D eigenvalue weighted by atomic mass is 35.5. The minimum absolute atomic E-state index is 0.0749. The first-order chi connectivity index (χ1) is 10.9. The summed E-state index contributed by atoms with van der Waals surface area (Å²) in [6.07, 6.45) is 3.66. The number of carboxylic acids is 1. The van der Waals surface area contributed by atoms with Gasteiger partial charge >= 0.3 is 12.0 Å². The SMILES string of the molecule is O=C(O)CCNC(=O)NCC1(c2ccc(F)cc2Cl)CCCC1. The molecule has 23 heavy (non-hydrogen) atoms. The number of hydrogen-bond donors (Lipinski definition) is 3. The fourth-order valence-corrected chi connectivity index (χ4v) is 3.48. The second-order valence-corrected chi connectivity index (χ2v) is 6.27. The van der Waals surface area contributed by atoms with Crippen LogP contribution in [0.1, 0.15) is 37.7 Å². The molecule has 1 aliphatic rings. The third kappa shape index (κ3) is 4.58. The van der Waals surface area contributed by atoms with Crippen molar-refractivity contribution < 1.29 is 19.1 Å². The Bertz CT molecular complexity index is 589. The first kappa shape index (κ1) is 17.5. The zero-order valence-electron chi connectivity index (χ0n) is 12.7. The number of carbonyl (C=O) groups is 2. The summed E-state index contributed by atoms with van der Waals surface area (Å²) in [5.74, 6) is -1.35. The molecule has 0 unspecified atom stereocenters. The van der Waals surface area contributed by atoms with Crippen molar-refractivity contribution in [3.8, 4) is 0 Å². The molecule has 0 saturated heterocycles. The molecule has 1 aromatic carbocycles. The maximum Gasteiger partial charge on any atom is 0.314 e. The summed E-state index contributed by atoms with van der Waals surface area (Å²) in [6.45, 7) is 0.461. The summed E-state index contributed by atoms with van der Waals surface area (Å²) in [5.41, 5.74) is 0.554. The largest absolute Gasteiger partial charge is 0.481 e. The summed E-state index contributed by atoms with van der Waals surface area (Å²) in [7, 11) is 0. The predicted molar refractivity (Wildman–Crippen MR) is 85.2 cm³/mol. The van der Waals surface area contributed by atoms with Crippen LogP contribution in [-0.2, 0) is 10.2 Å². The van der Waals surface area contributed by atoms with Crippen LogP contribution in [-0.4, -0.2) is 30.2 Å². The number of aliphatic carboxylic acids is 1. The Hall–Kier alpha value is -1.82. The highest BCUT2D eigenvalue weighted by Gasteiger charge is 2.37. The zero-order valence-corrected chi connectivity index (χ0v) is 13.5. The third-order valence-electron chi connectivity index (χ3n) is 4.27. The van der Waals surface area contributed by atoms with E-state index in [0.29, 0.717) is 11.6 Å². The van der Waals surface area contributed by atoms with E-state index >= 15 is 0 Å². The van der Waals surface area contributed by atoms with Crippen LogP contribution in [0.3, 0.4) is 0 Å². The highest BCUT2D eigenvalue weighted by molar-refractivity contribution is 6.31. The summed E-state index contributed by atoms with van der Waals surface area (Å²) in [4.78, 5) is 22.2. The molecular formula is C16H20ClFN2O3. The van der Waals surface area contributed by atoms with Gasteiger partial charge in [0.15, 0.2) is 0 Å². The van der Waals surface area contributed by atoms with Crippen molar-refractivity contribution in [1.29, 1.82) is 0 Å². The molecule has 1 aromatic rings. The van der Waals surface area contributed by atoms with Crippen molar-refractivity contribution in [1.82, 2.24) is 10.6 Å². The quantitative estimate of drug-likeness (QED) is 0.743. The maximum absolute atomic E-state index is 13.3. The van der Waals surface area contributed by atoms with E-state index in [-0.39, 0.29) is 24.2 Å². The molecule has 0 bridgehead atoms. The van der Waals surface area contributed by atoms with Crippen molar-refractivity contribution in [3.05, 3.63) is 34.6 Å². The number of rotatable bonds is 6. The van der Waals surface area contributed by atoms with Gasteiger partial charge in [-0.25, -0.2) is 9.18 Å². The molecule has 2 amide bonds. The molecule has 0 radical (unpaired) electrons. The van der Waals surface area contributed by atoms with Crippen LogP contribution in [0.25, 0.3) is 0 Å². The van der Waals surface area contributed by atoms with Gasteiger partial charge in [0.05, 0.1) is 6.42 Å². The van der Waals surface area contributed by atoms with Gasteiger partial charge in [0.2, 0.25) is 0 Å². The Morgan fingerprint density at radius 1 is 1.26 bits per heavy atom. The van der Waals surface area contributed by atoms with E-state index < -0.39 is 12.0 Å². The van der Waals surface area contributed by atoms with E-state index in [1.807, 2.05) is 0 Å². The number of amides is 2.